The molecule has 0 saturated heterocycles. The average Bonchev–Trinajstić information content (AvgIpc) is 3.10. The zero-order chi connectivity index (χ0) is 18.8. The number of hydrogen-bond acceptors (Lipinski definition) is 4. The molecule has 0 atom stereocenters. The van der Waals surface area contributed by atoms with Gasteiger partial charge >= 0.3 is 0 Å². The van der Waals surface area contributed by atoms with Crippen LogP contribution >= 0.6 is 35.3 Å². The van der Waals surface area contributed by atoms with E-state index in [2.05, 4.69) is 38.9 Å². The maximum Gasteiger partial charge on any atom is 0.224 e. The van der Waals surface area contributed by atoms with E-state index in [0.717, 1.165) is 58.2 Å². The van der Waals surface area contributed by atoms with E-state index in [-0.39, 0.29) is 29.9 Å². The highest BCUT2D eigenvalue weighted by Crippen LogP contribution is 2.23. The third-order valence-corrected chi connectivity index (χ3v) is 5.69. The van der Waals surface area contributed by atoms with Crippen LogP contribution in [0.25, 0.3) is 0 Å². The fourth-order valence-electron chi connectivity index (χ4n) is 3.16. The average molecular weight is 507 g/mol. The Hall–Kier alpha value is -0.870. The van der Waals surface area contributed by atoms with Crippen molar-refractivity contribution >= 4 is 47.2 Å². The molecule has 2 rings (SSSR count). The summed E-state index contributed by atoms with van der Waals surface area (Å²) in [5.41, 5.74) is 1.48. The third kappa shape index (κ3) is 7.95. The van der Waals surface area contributed by atoms with Crippen molar-refractivity contribution < 1.29 is 4.79 Å². The molecule has 154 valence electrons. The molecule has 1 aliphatic rings. The molecule has 0 aliphatic carbocycles. The number of thiophene rings is 1. The van der Waals surface area contributed by atoms with E-state index in [9.17, 15) is 4.79 Å². The van der Waals surface area contributed by atoms with Crippen LogP contribution in [-0.4, -0.2) is 67.5 Å². The molecule has 0 saturated carbocycles. The fourth-order valence-corrected chi connectivity index (χ4v) is 4.05. The molecule has 0 bridgehead atoms. The van der Waals surface area contributed by atoms with Gasteiger partial charge in [0.15, 0.2) is 5.96 Å². The van der Waals surface area contributed by atoms with Gasteiger partial charge in [0.2, 0.25) is 5.91 Å². The van der Waals surface area contributed by atoms with Gasteiger partial charge in [-0.3, -0.25) is 14.7 Å². The number of fused-ring (bicyclic) bond motifs is 1. The first-order chi connectivity index (χ1) is 12.7. The van der Waals surface area contributed by atoms with Crippen molar-refractivity contribution in [2.24, 2.45) is 4.99 Å². The van der Waals surface area contributed by atoms with Gasteiger partial charge in [-0.2, -0.15) is 0 Å². The largest absolute Gasteiger partial charge is 0.357 e. The summed E-state index contributed by atoms with van der Waals surface area (Å²) in [4.78, 5) is 22.6. The van der Waals surface area contributed by atoms with Gasteiger partial charge in [0, 0.05) is 57.1 Å². The van der Waals surface area contributed by atoms with E-state index in [0.29, 0.717) is 13.0 Å². The summed E-state index contributed by atoms with van der Waals surface area (Å²) in [6, 6.07) is 2.24. The molecule has 0 aromatic carbocycles. The summed E-state index contributed by atoms with van der Waals surface area (Å²) >= 11 is 1.87. The van der Waals surface area contributed by atoms with Crippen molar-refractivity contribution in [2.75, 3.05) is 45.8 Å². The van der Waals surface area contributed by atoms with Crippen LogP contribution in [0.15, 0.2) is 16.4 Å². The number of halogens is 1. The van der Waals surface area contributed by atoms with Gasteiger partial charge in [-0.05, 0) is 44.2 Å². The van der Waals surface area contributed by atoms with Crippen LogP contribution in [0.1, 0.15) is 37.6 Å². The second-order valence-corrected chi connectivity index (χ2v) is 7.40. The van der Waals surface area contributed by atoms with Crippen molar-refractivity contribution in [3.63, 3.8) is 0 Å². The molecule has 1 aliphatic heterocycles. The molecular weight excluding hydrogens is 473 g/mol. The zero-order valence-electron chi connectivity index (χ0n) is 16.8. The summed E-state index contributed by atoms with van der Waals surface area (Å²) in [6.07, 6.45) is 1.65. The number of amides is 1. The van der Waals surface area contributed by atoms with Gasteiger partial charge in [-0.15, -0.1) is 35.3 Å². The van der Waals surface area contributed by atoms with Crippen LogP contribution in [0, 0.1) is 0 Å². The number of rotatable bonds is 9. The number of carbonyl (C=O) groups excluding carboxylic acids is 1. The smallest absolute Gasteiger partial charge is 0.224 e. The third-order valence-electron chi connectivity index (χ3n) is 4.66. The van der Waals surface area contributed by atoms with Crippen LogP contribution in [0.3, 0.4) is 0 Å². The molecule has 8 heteroatoms. The normalized spacial score (nSPS) is 14.3. The molecule has 2 N–H and O–H groups in total. The Labute approximate surface area is 184 Å². The molecular formula is C19H34IN5OS. The zero-order valence-corrected chi connectivity index (χ0v) is 19.9. The summed E-state index contributed by atoms with van der Waals surface area (Å²) in [6.45, 7) is 12.9. The highest BCUT2D eigenvalue weighted by Gasteiger charge is 2.16. The highest BCUT2D eigenvalue weighted by atomic mass is 127. The SMILES string of the molecule is CCNC(=NCCN1CCc2sccc2C1)NCCC(=O)N(CC)CC.I. The number of nitrogens with zero attached hydrogens (tertiary/aromatic N) is 3. The van der Waals surface area contributed by atoms with Crippen molar-refractivity contribution in [3.8, 4) is 0 Å². The maximum absolute atomic E-state index is 12.1. The lowest BCUT2D eigenvalue weighted by Gasteiger charge is -2.26. The second-order valence-electron chi connectivity index (χ2n) is 6.40. The van der Waals surface area contributed by atoms with Gasteiger partial charge in [0.05, 0.1) is 6.54 Å². The Morgan fingerprint density at radius 3 is 2.78 bits per heavy atom. The first-order valence-electron chi connectivity index (χ1n) is 9.75. The molecule has 2 heterocycles. The number of hydrogen-bond donors (Lipinski definition) is 2. The topological polar surface area (TPSA) is 60.0 Å². The van der Waals surface area contributed by atoms with Crippen LogP contribution < -0.4 is 10.6 Å². The Morgan fingerprint density at radius 2 is 2.07 bits per heavy atom. The lowest BCUT2D eigenvalue weighted by Crippen LogP contribution is -2.40. The van der Waals surface area contributed by atoms with E-state index in [1.54, 1.807) is 0 Å². The summed E-state index contributed by atoms with van der Waals surface area (Å²) in [5.74, 6) is 0.992. The Balaban J connectivity index is 0.00000364. The Morgan fingerprint density at radius 1 is 1.30 bits per heavy atom. The molecule has 0 radical (unpaired) electrons. The lowest BCUT2D eigenvalue weighted by atomic mass is 10.1. The van der Waals surface area contributed by atoms with Crippen molar-refractivity contribution in [3.05, 3.63) is 21.9 Å². The predicted molar refractivity (Wildman–Crippen MR) is 125 cm³/mol. The van der Waals surface area contributed by atoms with Gasteiger partial charge in [-0.1, -0.05) is 0 Å². The Kier molecular flexibility index (Phi) is 11.9. The molecule has 0 unspecified atom stereocenters. The van der Waals surface area contributed by atoms with E-state index in [1.165, 1.54) is 10.4 Å². The van der Waals surface area contributed by atoms with Crippen LogP contribution in [0.2, 0.25) is 0 Å². The minimum absolute atomic E-state index is 0. The monoisotopic (exact) mass is 507 g/mol. The van der Waals surface area contributed by atoms with Gasteiger partial charge in [0.25, 0.3) is 0 Å². The van der Waals surface area contributed by atoms with Crippen LogP contribution in [0.4, 0.5) is 0 Å². The van der Waals surface area contributed by atoms with Gasteiger partial charge in [0.1, 0.15) is 0 Å². The van der Waals surface area contributed by atoms with Crippen molar-refractivity contribution in [2.45, 2.75) is 40.2 Å². The van der Waals surface area contributed by atoms with Crippen LogP contribution in [-0.2, 0) is 17.8 Å². The molecule has 27 heavy (non-hydrogen) atoms. The fraction of sp³-hybridized carbons (Fsp3) is 0.684. The summed E-state index contributed by atoms with van der Waals surface area (Å²) < 4.78 is 0. The number of guanidine groups is 1. The molecule has 1 aromatic heterocycles. The quantitative estimate of drug-likeness (QED) is 0.307. The lowest BCUT2D eigenvalue weighted by molar-refractivity contribution is -0.130. The van der Waals surface area contributed by atoms with E-state index in [1.807, 2.05) is 30.1 Å². The van der Waals surface area contributed by atoms with Gasteiger partial charge < -0.3 is 15.5 Å². The van der Waals surface area contributed by atoms with Crippen molar-refractivity contribution in [1.82, 2.24) is 20.4 Å². The van der Waals surface area contributed by atoms with E-state index in [4.69, 9.17) is 0 Å². The number of carbonyl (C=O) groups is 1. The van der Waals surface area contributed by atoms with Crippen molar-refractivity contribution in [1.29, 1.82) is 0 Å². The van der Waals surface area contributed by atoms with E-state index >= 15 is 0 Å². The maximum atomic E-state index is 12.1. The first-order valence-corrected chi connectivity index (χ1v) is 10.6. The molecule has 6 nitrogen and oxygen atoms in total. The molecule has 0 spiro atoms. The number of aliphatic imine (C=N–C) groups is 1. The summed E-state index contributed by atoms with van der Waals surface area (Å²) in [5, 5.41) is 8.73. The predicted octanol–water partition coefficient (Wildman–Crippen LogP) is 2.54. The minimum Gasteiger partial charge on any atom is -0.357 e. The minimum atomic E-state index is 0. The Bertz CT molecular complexity index is 588. The molecule has 1 aromatic rings. The molecule has 0 fully saturated rings. The standard InChI is InChI=1S/C19H33N5OS.HI/c1-4-20-19(21-10-7-18(25)24(5-2)6-3)22-11-13-23-12-8-17-16(15-23)9-14-26-17;/h9,14H,4-8,10-13,15H2,1-3H3,(H2,20,21,22);1H. The molecule has 1 amide bonds. The second kappa shape index (κ2) is 13.3. The number of nitrogens with one attached hydrogen (secondary N) is 2. The summed E-state index contributed by atoms with van der Waals surface area (Å²) in [7, 11) is 0. The first kappa shape index (κ1) is 24.2. The highest BCUT2D eigenvalue weighted by molar-refractivity contribution is 14.0. The van der Waals surface area contributed by atoms with Gasteiger partial charge in [-0.25, -0.2) is 0 Å². The van der Waals surface area contributed by atoms with E-state index < -0.39 is 0 Å². The van der Waals surface area contributed by atoms with Crippen LogP contribution in [0.5, 0.6) is 0 Å².